The predicted molar refractivity (Wildman–Crippen MR) is 68.7 cm³/mol. The van der Waals surface area contributed by atoms with Gasteiger partial charge in [-0.15, -0.1) is 11.6 Å². The Morgan fingerprint density at radius 2 is 2.19 bits per heavy atom. The van der Waals surface area contributed by atoms with E-state index in [0.29, 0.717) is 18.9 Å². The third-order valence-electron chi connectivity index (χ3n) is 2.11. The molecular weight excluding hydrogens is 289 g/mol. The molecule has 0 saturated heterocycles. The van der Waals surface area contributed by atoms with E-state index in [2.05, 4.69) is 22.0 Å². The van der Waals surface area contributed by atoms with Crippen molar-refractivity contribution in [3.05, 3.63) is 28.2 Å². The van der Waals surface area contributed by atoms with Crippen LogP contribution in [-0.4, -0.2) is 6.61 Å². The summed E-state index contributed by atoms with van der Waals surface area (Å²) in [5, 5.41) is 8.38. The molecule has 86 valence electrons. The van der Waals surface area contributed by atoms with Gasteiger partial charge in [0, 0.05) is 16.5 Å². The number of nitrogens with zero attached hydrogens (tertiary/aromatic N) is 1. The molecule has 0 aliphatic rings. The number of halogens is 2. The van der Waals surface area contributed by atoms with E-state index in [1.165, 1.54) is 0 Å². The summed E-state index contributed by atoms with van der Waals surface area (Å²) >= 11 is 9.21. The van der Waals surface area contributed by atoms with Crippen LogP contribution in [0.25, 0.3) is 0 Å². The molecule has 0 aromatic heterocycles. The minimum absolute atomic E-state index is 0.437. The fourth-order valence-corrected chi connectivity index (χ4v) is 1.90. The van der Waals surface area contributed by atoms with Gasteiger partial charge >= 0.3 is 0 Å². The molecule has 0 heterocycles. The molecule has 0 radical (unpaired) electrons. The van der Waals surface area contributed by atoms with Crippen LogP contribution < -0.4 is 4.74 Å². The highest BCUT2D eigenvalue weighted by molar-refractivity contribution is 9.10. The van der Waals surface area contributed by atoms with Gasteiger partial charge in [0.25, 0.3) is 0 Å². The van der Waals surface area contributed by atoms with E-state index in [1.807, 2.05) is 18.2 Å². The number of hydrogen-bond acceptors (Lipinski definition) is 2. The van der Waals surface area contributed by atoms with Crippen LogP contribution in [0.5, 0.6) is 5.75 Å². The summed E-state index contributed by atoms with van der Waals surface area (Å²) in [6.07, 6.45) is 2.36. The first-order valence-corrected chi connectivity index (χ1v) is 6.45. The van der Waals surface area contributed by atoms with E-state index < -0.39 is 0 Å². The normalized spacial score (nSPS) is 9.81. The molecule has 0 bridgehead atoms. The molecule has 0 spiro atoms. The zero-order chi connectivity index (χ0) is 11.8. The van der Waals surface area contributed by atoms with Crippen molar-refractivity contribution in [2.24, 2.45) is 0 Å². The van der Waals surface area contributed by atoms with E-state index in [-0.39, 0.29) is 0 Å². The predicted octanol–water partition coefficient (Wildman–Crippen LogP) is 4.26. The summed E-state index contributed by atoms with van der Waals surface area (Å²) in [6, 6.07) is 7.91. The van der Waals surface area contributed by atoms with Crippen LogP contribution in [0, 0.1) is 11.3 Å². The smallest absolute Gasteiger partial charge is 0.123 e. The molecule has 0 aliphatic heterocycles. The van der Waals surface area contributed by atoms with Gasteiger partial charge in [0.05, 0.1) is 18.6 Å². The molecule has 2 nitrogen and oxygen atoms in total. The van der Waals surface area contributed by atoms with E-state index in [4.69, 9.17) is 21.6 Å². The Labute approximate surface area is 109 Å². The molecule has 1 aromatic rings. The lowest BCUT2D eigenvalue weighted by molar-refractivity contribution is 0.305. The maximum atomic E-state index is 8.38. The number of nitriles is 1. The van der Waals surface area contributed by atoms with Crippen molar-refractivity contribution < 1.29 is 4.74 Å². The SMILES string of the molecule is N#CCCCCOc1ccc(Br)cc1CCl. The summed E-state index contributed by atoms with van der Waals surface area (Å²) in [7, 11) is 0. The molecule has 0 aliphatic carbocycles. The van der Waals surface area contributed by atoms with Crippen molar-refractivity contribution >= 4 is 27.5 Å². The number of ether oxygens (including phenoxy) is 1. The Morgan fingerprint density at radius 3 is 2.88 bits per heavy atom. The van der Waals surface area contributed by atoms with Crippen LogP contribution >= 0.6 is 27.5 Å². The van der Waals surface area contributed by atoms with E-state index in [9.17, 15) is 0 Å². The zero-order valence-corrected chi connectivity index (χ0v) is 11.2. The van der Waals surface area contributed by atoms with Crippen molar-refractivity contribution in [2.75, 3.05) is 6.61 Å². The zero-order valence-electron chi connectivity index (χ0n) is 8.88. The summed E-state index contributed by atoms with van der Waals surface area (Å²) in [5.41, 5.74) is 0.983. The first-order valence-electron chi connectivity index (χ1n) is 5.12. The number of alkyl halides is 1. The molecule has 0 atom stereocenters. The number of rotatable bonds is 6. The van der Waals surface area contributed by atoms with Gasteiger partial charge in [0.2, 0.25) is 0 Å². The second-order valence-corrected chi connectivity index (χ2v) is 4.53. The van der Waals surface area contributed by atoms with E-state index in [1.54, 1.807) is 0 Å². The average Bonchev–Trinajstić information content (AvgIpc) is 2.30. The van der Waals surface area contributed by atoms with Crippen LogP contribution in [0.2, 0.25) is 0 Å². The highest BCUT2D eigenvalue weighted by atomic mass is 79.9. The van der Waals surface area contributed by atoms with Crippen molar-refractivity contribution in [3.63, 3.8) is 0 Å². The largest absolute Gasteiger partial charge is 0.493 e. The molecule has 0 N–H and O–H groups in total. The van der Waals surface area contributed by atoms with Crippen molar-refractivity contribution in [1.29, 1.82) is 5.26 Å². The van der Waals surface area contributed by atoms with Crippen LogP contribution in [-0.2, 0) is 5.88 Å². The summed E-state index contributed by atoms with van der Waals surface area (Å²) in [4.78, 5) is 0. The minimum Gasteiger partial charge on any atom is -0.493 e. The fourth-order valence-electron chi connectivity index (χ4n) is 1.28. The lowest BCUT2D eigenvalue weighted by atomic mass is 10.2. The monoisotopic (exact) mass is 301 g/mol. The Bertz CT molecular complexity index is 376. The molecule has 1 aromatic carbocycles. The molecular formula is C12H13BrClNO. The van der Waals surface area contributed by atoms with Crippen LogP contribution in [0.1, 0.15) is 24.8 Å². The van der Waals surface area contributed by atoms with Gasteiger partial charge in [-0.05, 0) is 31.0 Å². The van der Waals surface area contributed by atoms with E-state index in [0.717, 1.165) is 28.6 Å². The Hall–Kier alpha value is -0.720. The third-order valence-corrected chi connectivity index (χ3v) is 2.89. The van der Waals surface area contributed by atoms with Gasteiger partial charge in [0.1, 0.15) is 5.75 Å². The van der Waals surface area contributed by atoms with Crippen LogP contribution in [0.3, 0.4) is 0 Å². The number of unbranched alkanes of at least 4 members (excludes halogenated alkanes) is 2. The molecule has 0 fully saturated rings. The second-order valence-electron chi connectivity index (χ2n) is 3.35. The van der Waals surface area contributed by atoms with Crippen molar-refractivity contribution in [1.82, 2.24) is 0 Å². The minimum atomic E-state index is 0.437. The number of hydrogen-bond donors (Lipinski definition) is 0. The summed E-state index contributed by atoms with van der Waals surface area (Å²) in [5.74, 6) is 1.27. The van der Waals surface area contributed by atoms with Gasteiger partial charge in [-0.25, -0.2) is 0 Å². The van der Waals surface area contributed by atoms with Gasteiger partial charge in [-0.3, -0.25) is 0 Å². The third kappa shape index (κ3) is 4.42. The van der Waals surface area contributed by atoms with Crippen LogP contribution in [0.4, 0.5) is 0 Å². The van der Waals surface area contributed by atoms with Crippen LogP contribution in [0.15, 0.2) is 22.7 Å². The van der Waals surface area contributed by atoms with Gasteiger partial charge in [-0.2, -0.15) is 5.26 Å². The first kappa shape index (κ1) is 13.3. The highest BCUT2D eigenvalue weighted by Crippen LogP contribution is 2.24. The molecule has 16 heavy (non-hydrogen) atoms. The number of benzene rings is 1. The quantitative estimate of drug-likeness (QED) is 0.581. The molecule has 0 saturated carbocycles. The average molecular weight is 303 g/mol. The summed E-state index contributed by atoms with van der Waals surface area (Å²) in [6.45, 7) is 0.632. The van der Waals surface area contributed by atoms with E-state index >= 15 is 0 Å². The molecule has 4 heteroatoms. The fraction of sp³-hybridized carbons (Fsp3) is 0.417. The first-order chi connectivity index (χ1) is 7.77. The summed E-state index contributed by atoms with van der Waals surface area (Å²) < 4.78 is 6.61. The molecule has 1 rings (SSSR count). The lowest BCUT2D eigenvalue weighted by Crippen LogP contribution is -1.99. The topological polar surface area (TPSA) is 33.0 Å². The van der Waals surface area contributed by atoms with Crippen molar-refractivity contribution in [3.8, 4) is 11.8 Å². The van der Waals surface area contributed by atoms with Gasteiger partial charge in [-0.1, -0.05) is 15.9 Å². The van der Waals surface area contributed by atoms with Crippen molar-refractivity contribution in [2.45, 2.75) is 25.1 Å². The Balaban J connectivity index is 2.44. The lowest BCUT2D eigenvalue weighted by Gasteiger charge is -2.09. The highest BCUT2D eigenvalue weighted by Gasteiger charge is 2.03. The maximum Gasteiger partial charge on any atom is 0.123 e. The Kier molecular flexibility index (Phi) is 6.29. The van der Waals surface area contributed by atoms with Gasteiger partial charge < -0.3 is 4.74 Å². The molecule has 0 amide bonds. The maximum absolute atomic E-state index is 8.38. The second kappa shape index (κ2) is 7.54. The Morgan fingerprint density at radius 1 is 1.38 bits per heavy atom. The van der Waals surface area contributed by atoms with Gasteiger partial charge in [0.15, 0.2) is 0 Å². The standard InChI is InChI=1S/C12H13BrClNO/c13-11-4-5-12(10(8-11)9-14)16-7-3-1-2-6-15/h4-5,8H,1-3,7,9H2. The molecule has 0 unspecified atom stereocenters.